The van der Waals surface area contributed by atoms with Crippen molar-refractivity contribution in [3.05, 3.63) is 48.0 Å². The Morgan fingerprint density at radius 2 is 2.04 bits per heavy atom. The molecule has 0 spiro atoms. The highest BCUT2D eigenvalue weighted by molar-refractivity contribution is 5.51. The van der Waals surface area contributed by atoms with Crippen LogP contribution in [0.3, 0.4) is 0 Å². The summed E-state index contributed by atoms with van der Waals surface area (Å²) in [5.74, 6) is 2.22. The predicted octanol–water partition coefficient (Wildman–Crippen LogP) is 3.03. The maximum Gasteiger partial charge on any atom is 0.160 e. The van der Waals surface area contributed by atoms with Crippen molar-refractivity contribution in [2.24, 2.45) is 5.92 Å². The van der Waals surface area contributed by atoms with Crippen molar-refractivity contribution in [3.8, 4) is 17.2 Å². The third kappa shape index (κ3) is 4.37. The van der Waals surface area contributed by atoms with Gasteiger partial charge in [-0.05, 0) is 42.2 Å². The van der Waals surface area contributed by atoms with Gasteiger partial charge in [0.2, 0.25) is 0 Å². The first-order chi connectivity index (χ1) is 12.2. The standard InChI is InChI=1S/C20H26N2O3/c1-24-18-5-3-4-17(11-18)22-9-8-16(14-22)13-21-12-15-6-7-20(25-2)19(23)10-15/h3-7,10-11,16,21,23H,8-9,12-14H2,1-2H3/t16-/m1/s1. The second-order valence-corrected chi connectivity index (χ2v) is 6.44. The number of methoxy groups -OCH3 is 2. The van der Waals surface area contributed by atoms with Crippen LogP contribution in [0.5, 0.6) is 17.2 Å². The van der Waals surface area contributed by atoms with Crippen molar-refractivity contribution in [1.82, 2.24) is 5.32 Å². The highest BCUT2D eigenvalue weighted by atomic mass is 16.5. The molecule has 0 aromatic heterocycles. The maximum atomic E-state index is 9.84. The quantitative estimate of drug-likeness (QED) is 0.810. The number of benzene rings is 2. The molecule has 2 aromatic carbocycles. The number of phenolic OH excluding ortho intramolecular Hbond substituents is 1. The van der Waals surface area contributed by atoms with E-state index < -0.39 is 0 Å². The van der Waals surface area contributed by atoms with Crippen LogP contribution in [0.2, 0.25) is 0 Å². The molecule has 3 rings (SSSR count). The maximum absolute atomic E-state index is 9.84. The summed E-state index contributed by atoms with van der Waals surface area (Å²) in [4.78, 5) is 2.41. The van der Waals surface area contributed by atoms with E-state index in [0.29, 0.717) is 11.7 Å². The lowest BCUT2D eigenvalue weighted by molar-refractivity contribution is 0.373. The number of nitrogens with one attached hydrogen (secondary N) is 1. The molecule has 5 nitrogen and oxygen atoms in total. The van der Waals surface area contributed by atoms with Gasteiger partial charge in [0.25, 0.3) is 0 Å². The summed E-state index contributed by atoms with van der Waals surface area (Å²) in [5.41, 5.74) is 2.28. The summed E-state index contributed by atoms with van der Waals surface area (Å²) in [6, 6.07) is 13.8. The monoisotopic (exact) mass is 342 g/mol. The summed E-state index contributed by atoms with van der Waals surface area (Å²) in [6.07, 6.45) is 1.18. The molecule has 2 aromatic rings. The number of aromatic hydroxyl groups is 1. The van der Waals surface area contributed by atoms with Gasteiger partial charge >= 0.3 is 0 Å². The number of hydrogen-bond donors (Lipinski definition) is 2. The topological polar surface area (TPSA) is 54.0 Å². The number of hydrogen-bond acceptors (Lipinski definition) is 5. The second-order valence-electron chi connectivity index (χ2n) is 6.44. The van der Waals surface area contributed by atoms with E-state index in [1.54, 1.807) is 26.4 Å². The molecule has 1 aliphatic heterocycles. The molecule has 25 heavy (non-hydrogen) atoms. The summed E-state index contributed by atoms with van der Waals surface area (Å²) in [7, 11) is 3.26. The van der Waals surface area contributed by atoms with E-state index in [2.05, 4.69) is 22.3 Å². The van der Waals surface area contributed by atoms with Gasteiger partial charge in [-0.15, -0.1) is 0 Å². The minimum Gasteiger partial charge on any atom is -0.504 e. The average Bonchev–Trinajstić information content (AvgIpc) is 3.11. The zero-order chi connectivity index (χ0) is 17.6. The molecule has 1 saturated heterocycles. The zero-order valence-electron chi connectivity index (χ0n) is 14.9. The fourth-order valence-corrected chi connectivity index (χ4v) is 3.31. The lowest BCUT2D eigenvalue weighted by atomic mass is 10.1. The Labute approximate surface area is 149 Å². The fraction of sp³-hybridized carbons (Fsp3) is 0.400. The highest BCUT2D eigenvalue weighted by Crippen LogP contribution is 2.27. The number of phenols is 1. The first-order valence-electron chi connectivity index (χ1n) is 8.65. The van der Waals surface area contributed by atoms with Gasteiger partial charge in [0, 0.05) is 37.9 Å². The molecule has 0 bridgehead atoms. The van der Waals surface area contributed by atoms with Gasteiger partial charge in [0.05, 0.1) is 14.2 Å². The third-order valence-electron chi connectivity index (χ3n) is 4.71. The van der Waals surface area contributed by atoms with Crippen LogP contribution in [-0.4, -0.2) is 39.0 Å². The van der Waals surface area contributed by atoms with E-state index in [1.807, 2.05) is 18.2 Å². The Bertz CT molecular complexity index is 705. The van der Waals surface area contributed by atoms with Crippen LogP contribution in [0.1, 0.15) is 12.0 Å². The number of nitrogens with zero attached hydrogens (tertiary/aromatic N) is 1. The van der Waals surface area contributed by atoms with Crippen LogP contribution >= 0.6 is 0 Å². The van der Waals surface area contributed by atoms with Crippen molar-refractivity contribution in [3.63, 3.8) is 0 Å². The predicted molar refractivity (Wildman–Crippen MR) is 99.7 cm³/mol. The van der Waals surface area contributed by atoms with Crippen molar-refractivity contribution in [2.75, 3.05) is 38.8 Å². The van der Waals surface area contributed by atoms with Gasteiger partial charge < -0.3 is 24.8 Å². The molecule has 0 unspecified atom stereocenters. The Kier molecular flexibility index (Phi) is 5.66. The minimum absolute atomic E-state index is 0.187. The Balaban J connectivity index is 1.48. The van der Waals surface area contributed by atoms with Gasteiger partial charge in [0.15, 0.2) is 11.5 Å². The van der Waals surface area contributed by atoms with Crippen molar-refractivity contribution < 1.29 is 14.6 Å². The second kappa shape index (κ2) is 8.12. The van der Waals surface area contributed by atoms with E-state index in [0.717, 1.165) is 37.5 Å². The molecule has 1 heterocycles. The summed E-state index contributed by atoms with van der Waals surface area (Å²) < 4.78 is 10.4. The molecule has 5 heteroatoms. The number of rotatable bonds is 7. The van der Waals surface area contributed by atoms with E-state index >= 15 is 0 Å². The van der Waals surface area contributed by atoms with Crippen molar-refractivity contribution in [2.45, 2.75) is 13.0 Å². The van der Waals surface area contributed by atoms with Crippen LogP contribution in [0.25, 0.3) is 0 Å². The number of ether oxygens (including phenoxy) is 2. The molecule has 0 radical (unpaired) electrons. The Morgan fingerprint density at radius 3 is 2.80 bits per heavy atom. The molecule has 1 aliphatic rings. The van der Waals surface area contributed by atoms with Gasteiger partial charge in [-0.2, -0.15) is 0 Å². The minimum atomic E-state index is 0.187. The van der Waals surface area contributed by atoms with E-state index in [4.69, 9.17) is 9.47 Å². The lowest BCUT2D eigenvalue weighted by Gasteiger charge is -2.19. The number of anilines is 1. The third-order valence-corrected chi connectivity index (χ3v) is 4.71. The molecule has 2 N–H and O–H groups in total. The molecular formula is C20H26N2O3. The summed E-state index contributed by atoms with van der Waals surface area (Å²) in [6.45, 7) is 3.83. The Hall–Kier alpha value is -2.40. The highest BCUT2D eigenvalue weighted by Gasteiger charge is 2.22. The van der Waals surface area contributed by atoms with Crippen LogP contribution in [0, 0.1) is 5.92 Å². The fourth-order valence-electron chi connectivity index (χ4n) is 3.31. The SMILES string of the molecule is COc1cccc(N2CC[C@H](CNCc3ccc(OC)c(O)c3)C2)c1. The van der Waals surface area contributed by atoms with E-state index in [9.17, 15) is 5.11 Å². The summed E-state index contributed by atoms with van der Waals surface area (Å²) in [5, 5.41) is 13.3. The van der Waals surface area contributed by atoms with Gasteiger partial charge in [-0.1, -0.05) is 12.1 Å². The molecule has 0 saturated carbocycles. The van der Waals surface area contributed by atoms with Crippen LogP contribution in [0.4, 0.5) is 5.69 Å². The van der Waals surface area contributed by atoms with E-state index in [-0.39, 0.29) is 5.75 Å². The van der Waals surface area contributed by atoms with Crippen LogP contribution in [-0.2, 0) is 6.54 Å². The van der Waals surface area contributed by atoms with E-state index in [1.165, 1.54) is 12.1 Å². The summed E-state index contributed by atoms with van der Waals surface area (Å²) >= 11 is 0. The first-order valence-corrected chi connectivity index (χ1v) is 8.65. The van der Waals surface area contributed by atoms with Crippen LogP contribution < -0.4 is 19.7 Å². The molecule has 0 aliphatic carbocycles. The van der Waals surface area contributed by atoms with Gasteiger partial charge in [-0.25, -0.2) is 0 Å². The van der Waals surface area contributed by atoms with Gasteiger partial charge in [-0.3, -0.25) is 0 Å². The largest absolute Gasteiger partial charge is 0.504 e. The molecule has 0 amide bonds. The average molecular weight is 342 g/mol. The first kappa shape index (κ1) is 17.4. The molecule has 134 valence electrons. The van der Waals surface area contributed by atoms with Gasteiger partial charge in [0.1, 0.15) is 5.75 Å². The lowest BCUT2D eigenvalue weighted by Crippen LogP contribution is -2.26. The van der Waals surface area contributed by atoms with Crippen molar-refractivity contribution in [1.29, 1.82) is 0 Å². The zero-order valence-corrected chi connectivity index (χ0v) is 14.9. The molecule has 1 fully saturated rings. The van der Waals surface area contributed by atoms with Crippen LogP contribution in [0.15, 0.2) is 42.5 Å². The smallest absolute Gasteiger partial charge is 0.160 e. The Morgan fingerprint density at radius 1 is 1.16 bits per heavy atom. The molecule has 1 atom stereocenters. The molecular weight excluding hydrogens is 316 g/mol. The van der Waals surface area contributed by atoms with Crippen molar-refractivity contribution >= 4 is 5.69 Å². The normalized spacial score (nSPS) is 16.9.